The van der Waals surface area contributed by atoms with Gasteiger partial charge in [-0.3, -0.25) is 0 Å². The van der Waals surface area contributed by atoms with E-state index in [1.165, 1.54) is 0 Å². The fourth-order valence-electron chi connectivity index (χ4n) is 1.17. The summed E-state index contributed by atoms with van der Waals surface area (Å²) in [5.41, 5.74) is 0. The van der Waals surface area contributed by atoms with Crippen LogP contribution in [-0.4, -0.2) is 41.8 Å². The molecule has 1 saturated heterocycles. The number of nitrogens with zero attached hydrogens (tertiary/aromatic N) is 1. The Hall–Kier alpha value is -0.770. The van der Waals surface area contributed by atoms with Crippen molar-refractivity contribution in [2.24, 2.45) is 0 Å². The lowest BCUT2D eigenvalue weighted by molar-refractivity contribution is 0.125. The van der Waals surface area contributed by atoms with Gasteiger partial charge in [-0.2, -0.15) is 0 Å². The highest BCUT2D eigenvalue weighted by molar-refractivity contribution is 5.74. The molecule has 0 aromatic carbocycles. The predicted octanol–water partition coefficient (Wildman–Crippen LogP) is -0.217. The Morgan fingerprint density at radius 3 is 3.09 bits per heavy atom. The van der Waals surface area contributed by atoms with Gasteiger partial charge in [0.2, 0.25) is 0 Å². The van der Waals surface area contributed by atoms with E-state index in [1.807, 2.05) is 0 Å². The second-order valence-corrected chi connectivity index (χ2v) is 2.88. The molecular formula is C7H14N2O2. The first-order valence-corrected chi connectivity index (χ1v) is 3.91. The van der Waals surface area contributed by atoms with Gasteiger partial charge in [-0.25, -0.2) is 4.79 Å². The summed E-state index contributed by atoms with van der Waals surface area (Å²) in [5.74, 6) is 0. The van der Waals surface area contributed by atoms with Gasteiger partial charge < -0.3 is 15.3 Å². The van der Waals surface area contributed by atoms with Crippen LogP contribution in [0.15, 0.2) is 0 Å². The Morgan fingerprint density at radius 1 is 1.82 bits per heavy atom. The number of β-amino-alcohol motifs (C(OH)–C–C–N with tert-alkyl or cyclic N) is 1. The van der Waals surface area contributed by atoms with Crippen molar-refractivity contribution in [3.63, 3.8) is 0 Å². The molecule has 4 nitrogen and oxygen atoms in total. The smallest absolute Gasteiger partial charge is 0.317 e. The summed E-state index contributed by atoms with van der Waals surface area (Å²) in [6, 6.07) is -0.0582. The third-order valence-corrected chi connectivity index (χ3v) is 1.65. The lowest BCUT2D eigenvalue weighted by atomic mass is 10.3. The van der Waals surface area contributed by atoms with E-state index in [0.29, 0.717) is 6.54 Å². The van der Waals surface area contributed by atoms with Gasteiger partial charge in [0.25, 0.3) is 0 Å². The van der Waals surface area contributed by atoms with E-state index < -0.39 is 6.10 Å². The van der Waals surface area contributed by atoms with E-state index in [4.69, 9.17) is 5.11 Å². The summed E-state index contributed by atoms with van der Waals surface area (Å²) in [7, 11) is 0. The van der Waals surface area contributed by atoms with Crippen LogP contribution in [0.2, 0.25) is 0 Å². The lowest BCUT2D eigenvalue weighted by Crippen LogP contribution is -2.48. The van der Waals surface area contributed by atoms with Gasteiger partial charge in [0.1, 0.15) is 0 Å². The maximum atomic E-state index is 11.0. The SMILES string of the molecule is CC(O)CN1CCCNC1=O. The number of carbonyl (C=O) groups excluding carboxylic acids is 1. The van der Waals surface area contributed by atoms with Crippen LogP contribution in [0, 0.1) is 0 Å². The van der Waals surface area contributed by atoms with Crippen molar-refractivity contribution in [3.8, 4) is 0 Å². The predicted molar refractivity (Wildman–Crippen MR) is 41.3 cm³/mol. The van der Waals surface area contributed by atoms with Crippen LogP contribution < -0.4 is 5.32 Å². The first-order valence-electron chi connectivity index (χ1n) is 3.91. The molecule has 1 heterocycles. The van der Waals surface area contributed by atoms with Crippen molar-refractivity contribution in [2.75, 3.05) is 19.6 Å². The Kier molecular flexibility index (Phi) is 2.70. The third kappa shape index (κ3) is 2.38. The van der Waals surface area contributed by atoms with E-state index in [9.17, 15) is 4.79 Å². The molecule has 1 fully saturated rings. The number of amides is 2. The number of hydrogen-bond acceptors (Lipinski definition) is 2. The van der Waals surface area contributed by atoms with Crippen molar-refractivity contribution in [2.45, 2.75) is 19.4 Å². The van der Waals surface area contributed by atoms with Gasteiger partial charge in [0.05, 0.1) is 6.10 Å². The zero-order valence-corrected chi connectivity index (χ0v) is 6.71. The van der Waals surface area contributed by atoms with Crippen LogP contribution in [0.1, 0.15) is 13.3 Å². The molecule has 1 atom stereocenters. The Labute approximate surface area is 66.2 Å². The largest absolute Gasteiger partial charge is 0.392 e. The number of nitrogens with one attached hydrogen (secondary N) is 1. The summed E-state index contributed by atoms with van der Waals surface area (Å²) in [6.07, 6.45) is 0.539. The van der Waals surface area contributed by atoms with Crippen LogP contribution in [-0.2, 0) is 0 Å². The number of carbonyl (C=O) groups is 1. The van der Waals surface area contributed by atoms with Crippen molar-refractivity contribution in [3.05, 3.63) is 0 Å². The summed E-state index contributed by atoms with van der Waals surface area (Å²) < 4.78 is 0. The third-order valence-electron chi connectivity index (χ3n) is 1.65. The zero-order valence-electron chi connectivity index (χ0n) is 6.71. The summed E-state index contributed by atoms with van der Waals surface area (Å²) in [6.45, 7) is 3.64. The number of aliphatic hydroxyl groups excluding tert-OH is 1. The molecule has 0 spiro atoms. The van der Waals surface area contributed by atoms with Crippen LogP contribution >= 0.6 is 0 Å². The van der Waals surface area contributed by atoms with Crippen molar-refractivity contribution >= 4 is 6.03 Å². The quantitative estimate of drug-likeness (QED) is 0.584. The highest BCUT2D eigenvalue weighted by atomic mass is 16.3. The van der Waals surface area contributed by atoms with Crippen molar-refractivity contribution in [1.82, 2.24) is 10.2 Å². The topological polar surface area (TPSA) is 52.6 Å². The fraction of sp³-hybridized carbons (Fsp3) is 0.857. The highest BCUT2D eigenvalue weighted by Crippen LogP contribution is 1.99. The van der Waals surface area contributed by atoms with Gasteiger partial charge in [0, 0.05) is 19.6 Å². The summed E-state index contributed by atoms with van der Waals surface area (Å²) in [4.78, 5) is 12.7. The average molecular weight is 158 g/mol. The molecule has 4 heteroatoms. The Balaban J connectivity index is 2.36. The monoisotopic (exact) mass is 158 g/mol. The molecule has 1 aliphatic heterocycles. The molecular weight excluding hydrogens is 144 g/mol. The summed E-state index contributed by atoms with van der Waals surface area (Å²) in [5, 5.41) is 11.7. The molecule has 0 bridgehead atoms. The number of rotatable bonds is 2. The molecule has 0 saturated carbocycles. The van der Waals surface area contributed by atoms with Crippen molar-refractivity contribution in [1.29, 1.82) is 0 Å². The van der Waals surface area contributed by atoms with Gasteiger partial charge in [-0.1, -0.05) is 0 Å². The normalized spacial score (nSPS) is 21.3. The number of hydrogen-bond donors (Lipinski definition) is 2. The molecule has 1 aliphatic rings. The van der Waals surface area contributed by atoms with Crippen LogP contribution in [0.5, 0.6) is 0 Å². The maximum Gasteiger partial charge on any atom is 0.317 e. The molecule has 0 radical (unpaired) electrons. The molecule has 0 aliphatic carbocycles. The second-order valence-electron chi connectivity index (χ2n) is 2.88. The van der Waals surface area contributed by atoms with E-state index >= 15 is 0 Å². The Bertz CT molecular complexity index is 147. The first-order chi connectivity index (χ1) is 5.20. The molecule has 1 unspecified atom stereocenters. The minimum atomic E-state index is -0.432. The standard InChI is InChI=1S/C7H14N2O2/c1-6(10)5-9-4-2-3-8-7(9)11/h6,10H,2-5H2,1H3,(H,8,11). The highest BCUT2D eigenvalue weighted by Gasteiger charge is 2.17. The van der Waals surface area contributed by atoms with Crippen molar-refractivity contribution < 1.29 is 9.90 Å². The molecule has 11 heavy (non-hydrogen) atoms. The van der Waals surface area contributed by atoms with Crippen LogP contribution in [0.3, 0.4) is 0 Å². The van der Waals surface area contributed by atoms with Crippen LogP contribution in [0.25, 0.3) is 0 Å². The molecule has 2 amide bonds. The maximum absolute atomic E-state index is 11.0. The molecule has 0 aromatic heterocycles. The summed E-state index contributed by atoms with van der Waals surface area (Å²) >= 11 is 0. The second kappa shape index (κ2) is 3.57. The first kappa shape index (κ1) is 8.33. The lowest BCUT2D eigenvalue weighted by Gasteiger charge is -2.28. The fourth-order valence-corrected chi connectivity index (χ4v) is 1.17. The van der Waals surface area contributed by atoms with Gasteiger partial charge >= 0.3 is 6.03 Å². The molecule has 0 aromatic rings. The minimum absolute atomic E-state index is 0.0582. The Morgan fingerprint density at radius 2 is 2.55 bits per heavy atom. The molecule has 1 rings (SSSR count). The van der Waals surface area contributed by atoms with Gasteiger partial charge in [-0.15, -0.1) is 0 Å². The zero-order chi connectivity index (χ0) is 8.27. The molecule has 64 valence electrons. The van der Waals surface area contributed by atoms with Gasteiger partial charge in [-0.05, 0) is 13.3 Å². The van der Waals surface area contributed by atoms with E-state index in [1.54, 1.807) is 11.8 Å². The minimum Gasteiger partial charge on any atom is -0.392 e. The van der Waals surface area contributed by atoms with E-state index in [0.717, 1.165) is 19.5 Å². The van der Waals surface area contributed by atoms with E-state index in [-0.39, 0.29) is 6.03 Å². The average Bonchev–Trinajstić information content (AvgIpc) is 1.93. The van der Waals surface area contributed by atoms with Crippen LogP contribution in [0.4, 0.5) is 4.79 Å². The van der Waals surface area contributed by atoms with E-state index in [2.05, 4.69) is 5.32 Å². The number of aliphatic hydroxyl groups is 1. The number of urea groups is 1. The van der Waals surface area contributed by atoms with Gasteiger partial charge in [0.15, 0.2) is 0 Å². The molecule has 2 N–H and O–H groups in total.